The lowest BCUT2D eigenvalue weighted by Gasteiger charge is -2.57. The monoisotopic (exact) mass is 669 g/mol. The van der Waals surface area contributed by atoms with Crippen LogP contribution in [0.4, 0.5) is 5.69 Å². The van der Waals surface area contributed by atoms with Crippen LogP contribution >= 0.6 is 0 Å². The second-order valence-electron chi connectivity index (χ2n) is 15.9. The van der Waals surface area contributed by atoms with Gasteiger partial charge in [0.2, 0.25) is 21.8 Å². The van der Waals surface area contributed by atoms with E-state index in [2.05, 4.69) is 17.4 Å². The molecular weight excluding hydrogens is 619 g/mol. The van der Waals surface area contributed by atoms with Crippen LogP contribution in [0.2, 0.25) is 0 Å². The molecule has 1 atom stereocenters. The second-order valence-corrected chi connectivity index (χ2v) is 17.8. The third kappa shape index (κ3) is 7.64. The summed E-state index contributed by atoms with van der Waals surface area (Å²) in [5.41, 5.74) is 4.23. The van der Waals surface area contributed by atoms with E-state index < -0.39 is 34.1 Å². The molecule has 4 bridgehead atoms. The van der Waals surface area contributed by atoms with Gasteiger partial charge in [-0.2, -0.15) is 0 Å². The van der Waals surface area contributed by atoms with E-state index in [4.69, 9.17) is 0 Å². The van der Waals surface area contributed by atoms with Crippen molar-refractivity contribution in [3.63, 3.8) is 0 Å². The van der Waals surface area contributed by atoms with E-state index in [1.165, 1.54) is 48.4 Å². The largest absolute Gasteiger partial charge is 0.350 e. The van der Waals surface area contributed by atoms with E-state index in [9.17, 15) is 18.0 Å². The lowest BCUT2D eigenvalue weighted by atomic mass is 9.48. The van der Waals surface area contributed by atoms with Gasteiger partial charge in [-0.15, -0.1) is 0 Å². The summed E-state index contributed by atoms with van der Waals surface area (Å²) in [6.45, 7) is 7.48. The molecule has 0 saturated heterocycles. The van der Waals surface area contributed by atoms with Crippen molar-refractivity contribution in [1.82, 2.24) is 10.2 Å². The van der Waals surface area contributed by atoms with Crippen LogP contribution in [0.5, 0.6) is 0 Å². The number of carbonyl (C=O) groups excluding carboxylic acids is 2. The molecule has 3 aromatic carbocycles. The van der Waals surface area contributed by atoms with E-state index in [0.717, 1.165) is 40.7 Å². The molecule has 256 valence electrons. The van der Waals surface area contributed by atoms with Crippen LogP contribution in [0.15, 0.2) is 78.9 Å². The van der Waals surface area contributed by atoms with Crippen LogP contribution in [-0.4, -0.2) is 49.5 Å². The Labute approximate surface area is 287 Å². The molecule has 0 spiro atoms. The Morgan fingerprint density at radius 3 is 1.96 bits per heavy atom. The quantitative estimate of drug-likeness (QED) is 0.244. The number of carbonyl (C=O) groups is 2. The minimum absolute atomic E-state index is 0.170. The van der Waals surface area contributed by atoms with E-state index in [0.29, 0.717) is 12.1 Å². The van der Waals surface area contributed by atoms with Crippen molar-refractivity contribution in [3.05, 3.63) is 101 Å². The van der Waals surface area contributed by atoms with E-state index in [1.807, 2.05) is 94.4 Å². The minimum Gasteiger partial charge on any atom is -0.350 e. The zero-order chi connectivity index (χ0) is 34.3. The third-order valence-electron chi connectivity index (χ3n) is 10.9. The SMILES string of the molecule is Cc1ccccc1CN(C(=O)CN(c1ccc(C23CC4CC(CC(C4)C2)C3)cc1)S(C)(=O)=O)[C@@H](Cc1ccccc1)C(=O)NC(C)(C)C. The Morgan fingerprint density at radius 2 is 1.42 bits per heavy atom. The molecule has 4 aliphatic rings. The van der Waals surface area contributed by atoms with Crippen molar-refractivity contribution < 1.29 is 18.0 Å². The van der Waals surface area contributed by atoms with Crippen LogP contribution in [-0.2, 0) is 38.0 Å². The fourth-order valence-corrected chi connectivity index (χ4v) is 9.89. The molecule has 4 fully saturated rings. The summed E-state index contributed by atoms with van der Waals surface area (Å²) in [6.07, 6.45) is 9.18. The number of hydrogen-bond donors (Lipinski definition) is 1. The highest BCUT2D eigenvalue weighted by Gasteiger charge is 2.51. The van der Waals surface area contributed by atoms with Gasteiger partial charge >= 0.3 is 0 Å². The van der Waals surface area contributed by atoms with Gasteiger partial charge in [0, 0.05) is 18.5 Å². The van der Waals surface area contributed by atoms with Crippen LogP contribution in [0.1, 0.15) is 81.5 Å². The van der Waals surface area contributed by atoms with Crippen molar-refractivity contribution in [2.24, 2.45) is 17.8 Å². The number of benzene rings is 3. The maximum Gasteiger partial charge on any atom is 0.244 e. The minimum atomic E-state index is -3.83. The average molecular weight is 670 g/mol. The molecule has 0 aliphatic heterocycles. The first-order valence-electron chi connectivity index (χ1n) is 17.5. The molecule has 0 radical (unpaired) electrons. The molecule has 0 heterocycles. The smallest absolute Gasteiger partial charge is 0.244 e. The van der Waals surface area contributed by atoms with Crippen molar-refractivity contribution in [3.8, 4) is 0 Å². The zero-order valence-electron chi connectivity index (χ0n) is 29.1. The molecule has 4 saturated carbocycles. The summed E-state index contributed by atoms with van der Waals surface area (Å²) in [7, 11) is -3.83. The summed E-state index contributed by atoms with van der Waals surface area (Å²) < 4.78 is 27.9. The second kappa shape index (κ2) is 13.3. The number of rotatable bonds is 11. The fraction of sp³-hybridized carbons (Fsp3) is 0.500. The molecule has 0 aromatic heterocycles. The molecule has 4 aliphatic carbocycles. The molecule has 7 rings (SSSR count). The lowest BCUT2D eigenvalue weighted by molar-refractivity contribution is -0.140. The normalized spacial score (nSPS) is 23.8. The number of aryl methyl sites for hydroxylation is 1. The van der Waals surface area contributed by atoms with Gasteiger partial charge in [-0.1, -0.05) is 66.7 Å². The molecule has 1 N–H and O–H groups in total. The summed E-state index contributed by atoms with van der Waals surface area (Å²) in [5, 5.41) is 3.09. The Kier molecular flexibility index (Phi) is 9.51. The van der Waals surface area contributed by atoms with Crippen LogP contribution in [0.25, 0.3) is 0 Å². The first-order chi connectivity index (χ1) is 22.7. The van der Waals surface area contributed by atoms with Crippen LogP contribution in [0.3, 0.4) is 0 Å². The Morgan fingerprint density at radius 1 is 0.854 bits per heavy atom. The summed E-state index contributed by atoms with van der Waals surface area (Å²) in [6, 6.07) is 24.5. The van der Waals surface area contributed by atoms with Gasteiger partial charge in [0.25, 0.3) is 0 Å². The maximum absolute atomic E-state index is 14.5. The number of amides is 2. The molecule has 8 heteroatoms. The molecule has 48 heavy (non-hydrogen) atoms. The van der Waals surface area contributed by atoms with Crippen molar-refractivity contribution >= 4 is 27.5 Å². The predicted molar refractivity (Wildman–Crippen MR) is 192 cm³/mol. The number of nitrogens with one attached hydrogen (secondary N) is 1. The van der Waals surface area contributed by atoms with E-state index in [-0.39, 0.29) is 17.9 Å². The third-order valence-corrected chi connectivity index (χ3v) is 12.0. The van der Waals surface area contributed by atoms with Gasteiger partial charge in [-0.05, 0) is 124 Å². The topological polar surface area (TPSA) is 86.8 Å². The van der Waals surface area contributed by atoms with Crippen LogP contribution in [0, 0.1) is 24.7 Å². The number of hydrogen-bond acceptors (Lipinski definition) is 4. The molecule has 7 nitrogen and oxygen atoms in total. The van der Waals surface area contributed by atoms with Crippen molar-refractivity contribution in [2.45, 2.75) is 96.2 Å². The number of anilines is 1. The van der Waals surface area contributed by atoms with Gasteiger partial charge in [-0.25, -0.2) is 8.42 Å². The van der Waals surface area contributed by atoms with Gasteiger partial charge in [0.15, 0.2) is 0 Å². The zero-order valence-corrected chi connectivity index (χ0v) is 29.9. The number of sulfonamides is 1. The predicted octanol–water partition coefficient (Wildman–Crippen LogP) is 6.78. The average Bonchev–Trinajstić information content (AvgIpc) is 3.01. The fourth-order valence-electron chi connectivity index (χ4n) is 9.04. The first kappa shape index (κ1) is 34.2. The molecule has 2 amide bonds. The molecule has 0 unspecified atom stereocenters. The Hall–Kier alpha value is -3.65. The Bertz CT molecular complexity index is 1690. The summed E-state index contributed by atoms with van der Waals surface area (Å²) in [5.74, 6) is 1.71. The van der Waals surface area contributed by atoms with E-state index >= 15 is 0 Å². The van der Waals surface area contributed by atoms with Gasteiger partial charge < -0.3 is 10.2 Å². The van der Waals surface area contributed by atoms with Gasteiger partial charge in [0.05, 0.1) is 11.9 Å². The first-order valence-corrected chi connectivity index (χ1v) is 19.3. The summed E-state index contributed by atoms with van der Waals surface area (Å²) in [4.78, 5) is 30.1. The van der Waals surface area contributed by atoms with Crippen molar-refractivity contribution in [2.75, 3.05) is 17.1 Å². The van der Waals surface area contributed by atoms with Crippen LogP contribution < -0.4 is 9.62 Å². The maximum atomic E-state index is 14.5. The summed E-state index contributed by atoms with van der Waals surface area (Å²) >= 11 is 0. The van der Waals surface area contributed by atoms with Gasteiger partial charge in [0.1, 0.15) is 12.6 Å². The highest BCUT2D eigenvalue weighted by molar-refractivity contribution is 7.92. The standard InChI is InChI=1S/C40H51N3O4S/c1-28-11-9-10-14-33(28)26-42(36(38(45)41-39(2,3)4)22-29-12-7-6-8-13-29)37(44)27-43(48(5,46)47)35-17-15-34(16-18-35)40-23-30-19-31(24-40)21-32(20-30)25-40/h6-18,30-32,36H,19-27H2,1-5H3,(H,41,45)/t30?,31?,32?,36-,40?/m0/s1. The highest BCUT2D eigenvalue weighted by atomic mass is 32.2. The highest BCUT2D eigenvalue weighted by Crippen LogP contribution is 2.60. The van der Waals surface area contributed by atoms with E-state index in [1.54, 1.807) is 4.90 Å². The lowest BCUT2D eigenvalue weighted by Crippen LogP contribution is -2.56. The van der Waals surface area contributed by atoms with Gasteiger partial charge in [-0.3, -0.25) is 13.9 Å². The number of nitrogens with zero attached hydrogens (tertiary/aromatic N) is 2. The van der Waals surface area contributed by atoms with Crippen molar-refractivity contribution in [1.29, 1.82) is 0 Å². The Balaban J connectivity index is 1.32. The molecular formula is C40H51N3O4S. The molecule has 3 aromatic rings.